The number of carbonyl (C=O) groups excluding carboxylic acids is 2. The molecular formula is C21H28N2O3. The molecule has 0 atom stereocenters. The number of rotatable bonds is 6. The number of furan rings is 1. The molecule has 5 nitrogen and oxygen atoms in total. The molecular weight excluding hydrogens is 328 g/mol. The van der Waals surface area contributed by atoms with Gasteiger partial charge in [0.05, 0.1) is 6.54 Å². The van der Waals surface area contributed by atoms with Crippen LogP contribution >= 0.6 is 0 Å². The second kappa shape index (κ2) is 8.21. The van der Waals surface area contributed by atoms with Gasteiger partial charge in [0, 0.05) is 19.0 Å². The van der Waals surface area contributed by atoms with Crippen molar-refractivity contribution in [2.75, 3.05) is 6.54 Å². The second-order valence-electron chi connectivity index (χ2n) is 7.52. The third kappa shape index (κ3) is 5.48. The zero-order valence-electron chi connectivity index (χ0n) is 16.3. The van der Waals surface area contributed by atoms with Gasteiger partial charge < -0.3 is 14.2 Å². The van der Waals surface area contributed by atoms with Gasteiger partial charge in [0.15, 0.2) is 0 Å². The average Bonchev–Trinajstić information content (AvgIpc) is 2.96. The number of aryl methyl sites for hydroxylation is 1. The van der Waals surface area contributed by atoms with Crippen molar-refractivity contribution in [3.63, 3.8) is 0 Å². The van der Waals surface area contributed by atoms with E-state index >= 15 is 0 Å². The summed E-state index contributed by atoms with van der Waals surface area (Å²) >= 11 is 0. The summed E-state index contributed by atoms with van der Waals surface area (Å²) in [5.41, 5.74) is 0.621. The van der Waals surface area contributed by atoms with E-state index in [1.165, 1.54) is 6.92 Å². The number of hydrogen-bond donors (Lipinski definition) is 0. The molecule has 140 valence electrons. The molecule has 0 fully saturated rings. The van der Waals surface area contributed by atoms with Crippen molar-refractivity contribution in [1.82, 2.24) is 9.80 Å². The quantitative estimate of drug-likeness (QED) is 0.792. The van der Waals surface area contributed by atoms with Crippen LogP contribution in [0.1, 0.15) is 44.8 Å². The molecule has 0 unspecified atom stereocenters. The Labute approximate surface area is 155 Å². The number of nitrogens with zero attached hydrogens (tertiary/aromatic N) is 2. The highest BCUT2D eigenvalue weighted by atomic mass is 16.3. The topological polar surface area (TPSA) is 53.8 Å². The zero-order valence-corrected chi connectivity index (χ0v) is 16.3. The standard InChI is InChI=1S/C21H28N2O3/c1-16-11-12-19(26-16)14-22(13-18-9-7-6-8-10-18)20(25)15-23(17(2)24)21(3,4)5/h6-12H,13-15H2,1-5H3. The van der Waals surface area contributed by atoms with E-state index in [2.05, 4.69) is 0 Å². The highest BCUT2D eigenvalue weighted by Crippen LogP contribution is 2.17. The van der Waals surface area contributed by atoms with Crippen LogP contribution < -0.4 is 0 Å². The number of benzene rings is 1. The first-order valence-electron chi connectivity index (χ1n) is 8.82. The van der Waals surface area contributed by atoms with Gasteiger partial charge >= 0.3 is 0 Å². The summed E-state index contributed by atoms with van der Waals surface area (Å²) in [5, 5.41) is 0. The molecule has 2 aromatic rings. The van der Waals surface area contributed by atoms with Gasteiger partial charge in [0.1, 0.15) is 18.1 Å². The van der Waals surface area contributed by atoms with Gasteiger partial charge in [-0.1, -0.05) is 30.3 Å². The summed E-state index contributed by atoms with van der Waals surface area (Å²) in [7, 11) is 0. The van der Waals surface area contributed by atoms with Crippen LogP contribution in [0.3, 0.4) is 0 Å². The first-order chi connectivity index (χ1) is 12.2. The highest BCUT2D eigenvalue weighted by molar-refractivity contribution is 5.84. The first kappa shape index (κ1) is 19.8. The van der Waals surface area contributed by atoms with Crippen molar-refractivity contribution in [2.24, 2.45) is 0 Å². The predicted molar refractivity (Wildman–Crippen MR) is 101 cm³/mol. The van der Waals surface area contributed by atoms with Crippen molar-refractivity contribution < 1.29 is 14.0 Å². The Morgan fingerprint density at radius 2 is 1.65 bits per heavy atom. The molecule has 0 aliphatic carbocycles. The van der Waals surface area contributed by atoms with Crippen LogP contribution in [-0.4, -0.2) is 33.7 Å². The molecule has 5 heteroatoms. The van der Waals surface area contributed by atoms with Gasteiger partial charge in [-0.25, -0.2) is 0 Å². The number of hydrogen-bond acceptors (Lipinski definition) is 3. The lowest BCUT2D eigenvalue weighted by molar-refractivity contribution is -0.144. The largest absolute Gasteiger partial charge is 0.464 e. The molecule has 0 saturated heterocycles. The van der Waals surface area contributed by atoms with E-state index in [9.17, 15) is 9.59 Å². The zero-order chi connectivity index (χ0) is 19.3. The monoisotopic (exact) mass is 356 g/mol. The predicted octanol–water partition coefficient (Wildman–Crippen LogP) is 3.76. The van der Waals surface area contributed by atoms with Crippen molar-refractivity contribution in [3.05, 3.63) is 59.5 Å². The summed E-state index contributed by atoms with van der Waals surface area (Å²) in [6.07, 6.45) is 0. The second-order valence-corrected chi connectivity index (χ2v) is 7.52. The summed E-state index contributed by atoms with van der Waals surface area (Å²) in [4.78, 5) is 28.3. The maximum atomic E-state index is 13.0. The molecule has 26 heavy (non-hydrogen) atoms. The summed E-state index contributed by atoms with van der Waals surface area (Å²) in [6.45, 7) is 10.1. The lowest BCUT2D eigenvalue weighted by Gasteiger charge is -2.36. The Bertz CT molecular complexity index is 744. The number of amides is 2. The maximum absolute atomic E-state index is 13.0. The summed E-state index contributed by atoms with van der Waals surface area (Å²) in [5.74, 6) is 1.33. The van der Waals surface area contributed by atoms with Gasteiger partial charge in [-0.15, -0.1) is 0 Å². The normalized spacial score (nSPS) is 11.3. The van der Waals surface area contributed by atoms with Gasteiger partial charge in [-0.3, -0.25) is 9.59 Å². The minimum Gasteiger partial charge on any atom is -0.464 e. The summed E-state index contributed by atoms with van der Waals surface area (Å²) in [6, 6.07) is 13.6. The third-order valence-corrected chi connectivity index (χ3v) is 4.19. The minimum absolute atomic E-state index is 0.0470. The fourth-order valence-electron chi connectivity index (χ4n) is 2.85. The maximum Gasteiger partial charge on any atom is 0.242 e. The van der Waals surface area contributed by atoms with Crippen molar-refractivity contribution in [3.8, 4) is 0 Å². The molecule has 2 rings (SSSR count). The smallest absolute Gasteiger partial charge is 0.242 e. The lowest BCUT2D eigenvalue weighted by Crippen LogP contribution is -2.50. The SMILES string of the molecule is CC(=O)N(CC(=O)N(Cc1ccccc1)Cc1ccc(C)o1)C(C)(C)C. The fraction of sp³-hybridized carbons (Fsp3) is 0.429. The molecule has 1 aromatic heterocycles. The Morgan fingerprint density at radius 1 is 1.00 bits per heavy atom. The molecule has 0 radical (unpaired) electrons. The Kier molecular flexibility index (Phi) is 6.24. The van der Waals surface area contributed by atoms with E-state index in [1.807, 2.05) is 70.2 Å². The van der Waals surface area contributed by atoms with E-state index in [4.69, 9.17) is 4.42 Å². The van der Waals surface area contributed by atoms with Gasteiger partial charge in [-0.2, -0.15) is 0 Å². The molecule has 0 N–H and O–H groups in total. The van der Waals surface area contributed by atoms with E-state index < -0.39 is 5.54 Å². The van der Waals surface area contributed by atoms with Crippen LogP contribution in [0.15, 0.2) is 46.9 Å². The Morgan fingerprint density at radius 3 is 2.15 bits per heavy atom. The van der Waals surface area contributed by atoms with Gasteiger partial charge in [0.2, 0.25) is 11.8 Å². The molecule has 1 heterocycles. The molecule has 0 saturated carbocycles. The third-order valence-electron chi connectivity index (χ3n) is 4.19. The highest BCUT2D eigenvalue weighted by Gasteiger charge is 2.28. The van der Waals surface area contributed by atoms with Crippen LogP contribution in [0.4, 0.5) is 0 Å². The van der Waals surface area contributed by atoms with Crippen LogP contribution in [0.25, 0.3) is 0 Å². The molecule has 0 aliphatic rings. The van der Waals surface area contributed by atoms with Gasteiger partial charge in [0.25, 0.3) is 0 Å². The molecule has 0 spiro atoms. The van der Waals surface area contributed by atoms with Crippen LogP contribution in [0, 0.1) is 6.92 Å². The van der Waals surface area contributed by atoms with E-state index in [1.54, 1.807) is 9.80 Å². The van der Waals surface area contributed by atoms with Crippen LogP contribution in [-0.2, 0) is 22.7 Å². The molecule has 2 amide bonds. The lowest BCUT2D eigenvalue weighted by atomic mass is 10.1. The van der Waals surface area contributed by atoms with Crippen molar-refractivity contribution in [1.29, 1.82) is 0 Å². The van der Waals surface area contributed by atoms with E-state index in [0.29, 0.717) is 13.1 Å². The minimum atomic E-state index is -0.415. The van der Waals surface area contributed by atoms with Crippen molar-refractivity contribution >= 4 is 11.8 Å². The van der Waals surface area contributed by atoms with Crippen LogP contribution in [0.2, 0.25) is 0 Å². The molecule has 0 aliphatic heterocycles. The van der Waals surface area contributed by atoms with Gasteiger partial charge in [-0.05, 0) is 45.4 Å². The van der Waals surface area contributed by atoms with E-state index in [0.717, 1.165) is 17.1 Å². The Balaban J connectivity index is 2.20. The molecule has 0 bridgehead atoms. The van der Waals surface area contributed by atoms with Crippen molar-refractivity contribution in [2.45, 2.75) is 53.2 Å². The first-order valence-corrected chi connectivity index (χ1v) is 8.82. The van der Waals surface area contributed by atoms with Crippen LogP contribution in [0.5, 0.6) is 0 Å². The molecule has 1 aromatic carbocycles. The Hall–Kier alpha value is -2.56. The number of carbonyl (C=O) groups is 2. The van der Waals surface area contributed by atoms with E-state index in [-0.39, 0.29) is 18.4 Å². The average molecular weight is 356 g/mol. The summed E-state index contributed by atoms with van der Waals surface area (Å²) < 4.78 is 5.65. The fourth-order valence-corrected chi connectivity index (χ4v) is 2.85.